The standard InChI is InChI=1S/C26H23NO5/c1-15-11-12-21(32-3)19(13-15)24(29)22-23(17-8-6-9-18(28)14-17)27(26(31)25(22)30)20-10-5-4-7-16(20)2/h4-14,23,28-29H,1-3H3/b24-22+. The second kappa shape index (κ2) is 8.23. The van der Waals surface area contributed by atoms with Crippen LogP contribution in [-0.2, 0) is 9.59 Å². The third kappa shape index (κ3) is 3.50. The predicted molar refractivity (Wildman–Crippen MR) is 122 cm³/mol. The lowest BCUT2D eigenvalue weighted by Crippen LogP contribution is -2.30. The molecule has 32 heavy (non-hydrogen) atoms. The molecule has 162 valence electrons. The van der Waals surface area contributed by atoms with Gasteiger partial charge in [0.15, 0.2) is 0 Å². The fourth-order valence-electron chi connectivity index (χ4n) is 4.08. The maximum absolute atomic E-state index is 13.3. The van der Waals surface area contributed by atoms with Crippen LogP contribution in [0, 0.1) is 13.8 Å². The molecule has 4 rings (SSSR count). The van der Waals surface area contributed by atoms with Crippen LogP contribution in [0.1, 0.15) is 28.3 Å². The van der Waals surface area contributed by atoms with Gasteiger partial charge in [0.25, 0.3) is 11.7 Å². The van der Waals surface area contributed by atoms with E-state index < -0.39 is 17.7 Å². The van der Waals surface area contributed by atoms with Gasteiger partial charge in [0.2, 0.25) is 0 Å². The molecule has 0 radical (unpaired) electrons. The molecule has 6 nitrogen and oxygen atoms in total. The maximum atomic E-state index is 13.3. The Balaban J connectivity index is 2.02. The van der Waals surface area contributed by atoms with Crippen LogP contribution in [0.4, 0.5) is 5.69 Å². The van der Waals surface area contributed by atoms with E-state index in [1.54, 1.807) is 36.4 Å². The summed E-state index contributed by atoms with van der Waals surface area (Å²) in [6, 6.07) is 17.9. The number of phenolic OH excluding ortho intramolecular Hbond substituents is 1. The number of carbonyl (C=O) groups is 2. The van der Waals surface area contributed by atoms with Crippen LogP contribution < -0.4 is 9.64 Å². The molecular weight excluding hydrogens is 406 g/mol. The monoisotopic (exact) mass is 429 g/mol. The quantitative estimate of drug-likeness (QED) is 0.358. The molecule has 0 spiro atoms. The molecule has 2 N–H and O–H groups in total. The van der Waals surface area contributed by atoms with Gasteiger partial charge in [-0.1, -0.05) is 42.0 Å². The fourth-order valence-corrected chi connectivity index (χ4v) is 4.08. The molecule has 1 unspecified atom stereocenters. The number of aryl methyl sites for hydroxylation is 2. The number of aliphatic hydroxyl groups is 1. The number of benzene rings is 3. The second-order valence-corrected chi connectivity index (χ2v) is 7.75. The molecule has 0 saturated carbocycles. The van der Waals surface area contributed by atoms with Crippen molar-refractivity contribution >= 4 is 23.1 Å². The van der Waals surface area contributed by atoms with Gasteiger partial charge in [-0.05, 0) is 55.3 Å². The summed E-state index contributed by atoms with van der Waals surface area (Å²) in [5, 5.41) is 21.4. The number of carbonyl (C=O) groups excluding carboxylic acids is 2. The van der Waals surface area contributed by atoms with Crippen molar-refractivity contribution in [1.29, 1.82) is 0 Å². The number of methoxy groups -OCH3 is 1. The van der Waals surface area contributed by atoms with Gasteiger partial charge in [-0.15, -0.1) is 0 Å². The van der Waals surface area contributed by atoms with Gasteiger partial charge in [-0.2, -0.15) is 0 Å². The normalized spacial score (nSPS) is 17.6. The summed E-state index contributed by atoms with van der Waals surface area (Å²) >= 11 is 0. The van der Waals surface area contributed by atoms with E-state index >= 15 is 0 Å². The van der Waals surface area contributed by atoms with E-state index in [0.717, 1.165) is 11.1 Å². The van der Waals surface area contributed by atoms with E-state index in [1.807, 2.05) is 32.0 Å². The van der Waals surface area contributed by atoms with Crippen molar-refractivity contribution in [3.05, 3.63) is 94.6 Å². The van der Waals surface area contributed by atoms with Crippen molar-refractivity contribution in [2.45, 2.75) is 19.9 Å². The molecule has 1 aliphatic rings. The zero-order valence-electron chi connectivity index (χ0n) is 18.0. The number of Topliss-reactive ketones (excluding diaryl/α,β-unsaturated/α-hetero) is 1. The minimum Gasteiger partial charge on any atom is -0.508 e. The summed E-state index contributed by atoms with van der Waals surface area (Å²) in [5.74, 6) is -1.51. The number of aromatic hydroxyl groups is 1. The first-order valence-corrected chi connectivity index (χ1v) is 10.1. The molecule has 1 fully saturated rings. The molecular formula is C26H23NO5. The van der Waals surface area contributed by atoms with Crippen molar-refractivity contribution in [1.82, 2.24) is 0 Å². The van der Waals surface area contributed by atoms with Gasteiger partial charge in [-0.25, -0.2) is 0 Å². The largest absolute Gasteiger partial charge is 0.508 e. The maximum Gasteiger partial charge on any atom is 0.300 e. The Hall–Kier alpha value is -4.06. The molecule has 1 aliphatic heterocycles. The van der Waals surface area contributed by atoms with Crippen LogP contribution in [0.5, 0.6) is 11.5 Å². The number of hydrogen-bond acceptors (Lipinski definition) is 5. The van der Waals surface area contributed by atoms with Crippen molar-refractivity contribution in [2.75, 3.05) is 12.0 Å². The number of para-hydroxylation sites is 1. The van der Waals surface area contributed by atoms with Crippen LogP contribution in [0.3, 0.4) is 0 Å². The number of hydrogen-bond donors (Lipinski definition) is 2. The Labute approximate surface area is 186 Å². The topological polar surface area (TPSA) is 87.1 Å². The summed E-state index contributed by atoms with van der Waals surface area (Å²) in [6.45, 7) is 3.70. The molecule has 0 aliphatic carbocycles. The predicted octanol–water partition coefficient (Wildman–Crippen LogP) is 4.64. The average Bonchev–Trinajstić information content (AvgIpc) is 3.04. The van der Waals surface area contributed by atoms with E-state index in [0.29, 0.717) is 22.6 Å². The van der Waals surface area contributed by atoms with Crippen molar-refractivity contribution < 1.29 is 24.5 Å². The average molecular weight is 429 g/mol. The van der Waals surface area contributed by atoms with Crippen LogP contribution in [0.25, 0.3) is 5.76 Å². The van der Waals surface area contributed by atoms with Crippen LogP contribution in [-0.4, -0.2) is 29.0 Å². The minimum absolute atomic E-state index is 0.00833. The summed E-state index contributed by atoms with van der Waals surface area (Å²) in [4.78, 5) is 27.9. The highest BCUT2D eigenvalue weighted by atomic mass is 16.5. The first-order valence-electron chi connectivity index (χ1n) is 10.1. The number of phenols is 1. The van der Waals surface area contributed by atoms with Gasteiger partial charge in [0, 0.05) is 5.69 Å². The number of ketones is 1. The van der Waals surface area contributed by atoms with E-state index in [-0.39, 0.29) is 17.1 Å². The molecule has 3 aromatic rings. The highest BCUT2D eigenvalue weighted by Crippen LogP contribution is 2.44. The Bertz CT molecular complexity index is 1260. The molecule has 3 aromatic carbocycles. The SMILES string of the molecule is COc1ccc(C)cc1/C(O)=C1\C(=O)C(=O)N(c2ccccc2C)C1c1cccc(O)c1. The Kier molecular flexibility index (Phi) is 5.45. The summed E-state index contributed by atoms with van der Waals surface area (Å²) in [5.41, 5.74) is 2.97. The number of ether oxygens (including phenoxy) is 1. The first kappa shape index (κ1) is 21.2. The van der Waals surface area contributed by atoms with Crippen LogP contribution in [0.15, 0.2) is 72.3 Å². The second-order valence-electron chi connectivity index (χ2n) is 7.75. The van der Waals surface area contributed by atoms with E-state index in [4.69, 9.17) is 4.74 Å². The minimum atomic E-state index is -0.923. The fraction of sp³-hybridized carbons (Fsp3) is 0.154. The van der Waals surface area contributed by atoms with Gasteiger partial charge in [0.05, 0.1) is 24.3 Å². The zero-order valence-corrected chi connectivity index (χ0v) is 18.0. The summed E-state index contributed by atoms with van der Waals surface area (Å²) < 4.78 is 5.39. The Morgan fingerprint density at radius 2 is 1.72 bits per heavy atom. The van der Waals surface area contributed by atoms with Crippen LogP contribution in [0.2, 0.25) is 0 Å². The lowest BCUT2D eigenvalue weighted by Gasteiger charge is -2.27. The molecule has 6 heteroatoms. The lowest BCUT2D eigenvalue weighted by atomic mass is 9.94. The highest BCUT2D eigenvalue weighted by Gasteiger charge is 2.47. The number of aliphatic hydroxyl groups excluding tert-OH is 1. The smallest absolute Gasteiger partial charge is 0.300 e. The molecule has 0 bridgehead atoms. The number of nitrogens with zero attached hydrogens (tertiary/aromatic N) is 1. The molecule has 1 amide bonds. The van der Waals surface area contributed by atoms with Gasteiger partial charge < -0.3 is 14.9 Å². The first-order chi connectivity index (χ1) is 15.3. The summed E-state index contributed by atoms with van der Waals surface area (Å²) in [6.07, 6.45) is 0. The third-order valence-corrected chi connectivity index (χ3v) is 5.62. The number of amides is 1. The number of anilines is 1. The third-order valence-electron chi connectivity index (χ3n) is 5.62. The van der Waals surface area contributed by atoms with E-state index in [1.165, 1.54) is 24.1 Å². The van der Waals surface area contributed by atoms with Crippen molar-refractivity contribution in [3.63, 3.8) is 0 Å². The van der Waals surface area contributed by atoms with Gasteiger partial charge >= 0.3 is 0 Å². The van der Waals surface area contributed by atoms with E-state index in [2.05, 4.69) is 0 Å². The number of rotatable bonds is 4. The van der Waals surface area contributed by atoms with Crippen LogP contribution >= 0.6 is 0 Å². The molecule has 1 heterocycles. The van der Waals surface area contributed by atoms with Crippen molar-refractivity contribution in [2.24, 2.45) is 0 Å². The van der Waals surface area contributed by atoms with Gasteiger partial charge in [-0.3, -0.25) is 14.5 Å². The Morgan fingerprint density at radius 1 is 0.969 bits per heavy atom. The Morgan fingerprint density at radius 3 is 2.41 bits per heavy atom. The lowest BCUT2D eigenvalue weighted by molar-refractivity contribution is -0.132. The molecule has 1 saturated heterocycles. The van der Waals surface area contributed by atoms with Gasteiger partial charge in [0.1, 0.15) is 17.3 Å². The van der Waals surface area contributed by atoms with Crippen molar-refractivity contribution in [3.8, 4) is 11.5 Å². The molecule has 1 atom stereocenters. The molecule has 0 aromatic heterocycles. The van der Waals surface area contributed by atoms with E-state index in [9.17, 15) is 19.8 Å². The zero-order chi connectivity index (χ0) is 23.0. The highest BCUT2D eigenvalue weighted by molar-refractivity contribution is 6.51. The summed E-state index contributed by atoms with van der Waals surface area (Å²) in [7, 11) is 1.47.